The first-order chi connectivity index (χ1) is 23.9. The van der Waals surface area contributed by atoms with E-state index in [2.05, 4.69) is 22.8 Å². The van der Waals surface area contributed by atoms with Gasteiger partial charge in [-0.15, -0.1) is 0 Å². The number of hydrogen-bond acceptors (Lipinski definition) is 9. The molecule has 0 heterocycles. The van der Waals surface area contributed by atoms with Gasteiger partial charge in [-0.05, 0) is 70.0 Å². The maximum atomic E-state index is 13.1. The molecule has 1 atom stereocenters. The number of alkyl carbamates (subject to hydrolysis) is 1. The van der Waals surface area contributed by atoms with Crippen LogP contribution in [0, 0.1) is 0 Å². The van der Waals surface area contributed by atoms with E-state index in [0.717, 1.165) is 33.4 Å². The number of amides is 2. The predicted octanol–water partition coefficient (Wildman–Crippen LogP) is 5.36. The first kappa shape index (κ1) is 33.4. The molecule has 0 unspecified atom stereocenters. The Morgan fingerprint density at radius 3 is 2.08 bits per heavy atom. The van der Waals surface area contributed by atoms with Crippen molar-refractivity contribution < 1.29 is 38.0 Å². The largest absolute Gasteiger partial charge is 0.493 e. The summed E-state index contributed by atoms with van der Waals surface area (Å²) < 4.78 is 33.4. The summed E-state index contributed by atoms with van der Waals surface area (Å²) in [6.07, 6.45) is 0.348. The second-order valence-corrected chi connectivity index (χ2v) is 11.6. The van der Waals surface area contributed by atoms with Crippen LogP contribution in [-0.4, -0.2) is 60.4 Å². The van der Waals surface area contributed by atoms with Crippen molar-refractivity contribution in [2.24, 2.45) is 0 Å². The van der Waals surface area contributed by atoms with Crippen molar-refractivity contribution in [3.8, 4) is 45.3 Å². The van der Waals surface area contributed by atoms with E-state index in [0.29, 0.717) is 41.2 Å². The van der Waals surface area contributed by atoms with Crippen molar-refractivity contribution in [2.75, 3.05) is 48.4 Å². The molecule has 0 aromatic heterocycles. The molecule has 11 heteroatoms. The van der Waals surface area contributed by atoms with E-state index in [4.69, 9.17) is 28.4 Å². The molecule has 6 rings (SSSR count). The Bertz CT molecular complexity index is 1900. The smallest absolute Gasteiger partial charge is 0.408 e. The molecule has 49 heavy (non-hydrogen) atoms. The number of carbonyl (C=O) groups excluding carboxylic acids is 2. The molecule has 11 nitrogen and oxygen atoms in total. The molecule has 254 valence electrons. The molecular weight excluding hydrogens is 628 g/mol. The van der Waals surface area contributed by atoms with Crippen molar-refractivity contribution in [2.45, 2.75) is 24.8 Å². The quantitative estimate of drug-likeness (QED) is 0.160. The zero-order valence-electron chi connectivity index (χ0n) is 27.8. The average molecular weight is 667 g/mol. The van der Waals surface area contributed by atoms with Crippen molar-refractivity contribution in [3.63, 3.8) is 0 Å². The van der Waals surface area contributed by atoms with Crippen molar-refractivity contribution >= 4 is 12.0 Å². The van der Waals surface area contributed by atoms with E-state index in [-0.39, 0.29) is 37.0 Å². The lowest BCUT2D eigenvalue weighted by molar-refractivity contribution is -0.126. The molecule has 4 aromatic carbocycles. The summed E-state index contributed by atoms with van der Waals surface area (Å²) in [7, 11) is 6.05. The third-order valence-electron chi connectivity index (χ3n) is 8.95. The Morgan fingerprint density at radius 2 is 1.43 bits per heavy atom. The van der Waals surface area contributed by atoms with Gasteiger partial charge in [0.1, 0.15) is 19.9 Å². The number of nitrogens with one attached hydrogen (secondary N) is 2. The van der Waals surface area contributed by atoms with E-state index in [1.807, 2.05) is 42.5 Å². The van der Waals surface area contributed by atoms with E-state index in [1.165, 1.54) is 27.4 Å². The molecule has 0 aliphatic heterocycles. The number of methoxy groups -OCH3 is 4. The number of rotatable bonds is 11. The normalized spacial score (nSPS) is 14.2. The maximum absolute atomic E-state index is 13.1. The minimum Gasteiger partial charge on any atom is -0.493 e. The Labute approximate surface area is 284 Å². The van der Waals surface area contributed by atoms with Crippen LogP contribution in [0.4, 0.5) is 4.79 Å². The second kappa shape index (κ2) is 14.7. The molecule has 0 fully saturated rings. The van der Waals surface area contributed by atoms with E-state index >= 15 is 0 Å². The highest BCUT2D eigenvalue weighted by Crippen LogP contribution is 2.50. The average Bonchev–Trinajstić information content (AvgIpc) is 3.24. The Hall–Kier alpha value is -5.55. The lowest BCUT2D eigenvalue weighted by Gasteiger charge is -2.20. The fourth-order valence-electron chi connectivity index (χ4n) is 6.76. The SMILES string of the molecule is COc1cc2c(c(OC)c1OC)-c1ccc(OC)c(=O)cc1[C@@H](NC(=O)COCNC(=O)OCC1c3ccccc3-c3ccccc31)CC2. The van der Waals surface area contributed by atoms with Gasteiger partial charge in [0.2, 0.25) is 17.1 Å². The molecule has 2 aliphatic rings. The number of aryl methyl sites for hydroxylation is 1. The van der Waals surface area contributed by atoms with E-state index < -0.39 is 18.0 Å². The molecule has 0 saturated heterocycles. The summed E-state index contributed by atoms with van der Waals surface area (Å²) in [5.41, 5.74) is 7.05. The van der Waals surface area contributed by atoms with Gasteiger partial charge in [-0.3, -0.25) is 14.9 Å². The minimum atomic E-state index is -0.651. The van der Waals surface area contributed by atoms with Gasteiger partial charge in [-0.25, -0.2) is 4.79 Å². The number of hydrogen-bond donors (Lipinski definition) is 2. The van der Waals surface area contributed by atoms with Gasteiger partial charge in [0.15, 0.2) is 17.2 Å². The molecule has 0 spiro atoms. The van der Waals surface area contributed by atoms with Gasteiger partial charge in [-0.2, -0.15) is 0 Å². The zero-order chi connectivity index (χ0) is 34.5. The van der Waals surface area contributed by atoms with Crippen LogP contribution < -0.4 is 35.0 Å². The Kier molecular flexibility index (Phi) is 10.0. The van der Waals surface area contributed by atoms with Gasteiger partial charge in [0, 0.05) is 11.5 Å². The highest BCUT2D eigenvalue weighted by Gasteiger charge is 2.31. The van der Waals surface area contributed by atoms with Crippen LogP contribution in [0.2, 0.25) is 0 Å². The van der Waals surface area contributed by atoms with Crippen LogP contribution in [0.15, 0.2) is 77.6 Å². The minimum absolute atomic E-state index is 0.0722. The molecule has 0 radical (unpaired) electrons. The van der Waals surface area contributed by atoms with Crippen LogP contribution in [0.25, 0.3) is 22.3 Å². The first-order valence-corrected chi connectivity index (χ1v) is 15.9. The number of benzene rings is 3. The third kappa shape index (κ3) is 6.62. The van der Waals surface area contributed by atoms with Crippen LogP contribution in [0.1, 0.15) is 40.6 Å². The van der Waals surface area contributed by atoms with Gasteiger partial charge in [0.05, 0.1) is 34.5 Å². The van der Waals surface area contributed by atoms with Crippen LogP contribution in [-0.2, 0) is 20.7 Å². The van der Waals surface area contributed by atoms with Crippen molar-refractivity contribution in [3.05, 3.63) is 105 Å². The van der Waals surface area contributed by atoms with E-state index in [9.17, 15) is 14.4 Å². The lowest BCUT2D eigenvalue weighted by Crippen LogP contribution is -2.34. The summed E-state index contributed by atoms with van der Waals surface area (Å²) >= 11 is 0. The van der Waals surface area contributed by atoms with Gasteiger partial charge in [-0.1, -0.05) is 54.6 Å². The van der Waals surface area contributed by atoms with Crippen molar-refractivity contribution in [1.82, 2.24) is 10.6 Å². The Morgan fingerprint density at radius 1 is 0.755 bits per heavy atom. The monoisotopic (exact) mass is 666 g/mol. The van der Waals surface area contributed by atoms with Gasteiger partial charge in [0.25, 0.3) is 0 Å². The summed E-state index contributed by atoms with van der Waals surface area (Å²) in [6.45, 7) is -0.402. The first-order valence-electron chi connectivity index (χ1n) is 15.9. The van der Waals surface area contributed by atoms with Crippen LogP contribution >= 0.6 is 0 Å². The summed E-state index contributed by atoms with van der Waals surface area (Å²) in [6, 6.07) is 22.4. The second-order valence-electron chi connectivity index (χ2n) is 11.6. The molecule has 0 bridgehead atoms. The van der Waals surface area contributed by atoms with Crippen LogP contribution in [0.3, 0.4) is 0 Å². The number of fused-ring (bicyclic) bond motifs is 6. The number of ether oxygens (including phenoxy) is 6. The molecule has 0 saturated carbocycles. The third-order valence-corrected chi connectivity index (χ3v) is 8.95. The predicted molar refractivity (Wildman–Crippen MR) is 183 cm³/mol. The molecule has 2 N–H and O–H groups in total. The standard InChI is InChI=1S/C38H38N2O9/c1-44-32-16-14-27-28(18-31(32)41)30(15-13-22-17-33(45-2)36(46-3)37(47-4)35(22)27)40-34(42)20-48-21-39-38(43)49-19-29-25-11-7-5-9-23(25)24-10-6-8-12-26(24)29/h5-12,14,16-18,29-30H,13,15,19-21H2,1-4H3,(H,39,43)(H,40,42)/t30-/m0/s1. The topological polar surface area (TPSA) is 131 Å². The summed E-state index contributed by atoms with van der Waals surface area (Å²) in [5, 5.41) is 5.55. The van der Waals surface area contributed by atoms with Crippen molar-refractivity contribution in [1.29, 1.82) is 0 Å². The number of carbonyl (C=O) groups is 2. The molecular formula is C38H38N2O9. The molecule has 4 aromatic rings. The lowest BCUT2D eigenvalue weighted by atomic mass is 9.95. The highest BCUT2D eigenvalue weighted by atomic mass is 16.6. The summed E-state index contributed by atoms with van der Waals surface area (Å²) in [4.78, 5) is 38.8. The maximum Gasteiger partial charge on any atom is 0.408 e. The fourth-order valence-corrected chi connectivity index (χ4v) is 6.76. The van der Waals surface area contributed by atoms with Gasteiger partial charge >= 0.3 is 6.09 Å². The molecule has 2 aliphatic carbocycles. The highest BCUT2D eigenvalue weighted by molar-refractivity contribution is 5.84. The Balaban J connectivity index is 1.11. The molecule has 2 amide bonds. The fraction of sp³-hybridized carbons (Fsp3) is 0.289. The zero-order valence-corrected chi connectivity index (χ0v) is 27.8. The van der Waals surface area contributed by atoms with Gasteiger partial charge < -0.3 is 33.7 Å². The van der Waals surface area contributed by atoms with E-state index in [1.54, 1.807) is 19.2 Å². The van der Waals surface area contributed by atoms with Crippen LogP contribution in [0.5, 0.6) is 23.0 Å². The summed E-state index contributed by atoms with van der Waals surface area (Å²) in [5.74, 6) is 1.02.